The van der Waals surface area contributed by atoms with Gasteiger partial charge in [-0.15, -0.1) is 0 Å². The first-order chi connectivity index (χ1) is 9.20. The summed E-state index contributed by atoms with van der Waals surface area (Å²) in [5, 5.41) is 10.1. The molecule has 0 unspecified atom stereocenters. The minimum absolute atomic E-state index is 0.0376. The fourth-order valence-electron chi connectivity index (χ4n) is 1.60. The molecule has 19 heavy (non-hydrogen) atoms. The van der Waals surface area contributed by atoms with Gasteiger partial charge in [0.2, 0.25) is 0 Å². The number of carbonyl (C=O) groups excluding carboxylic acids is 1. The van der Waals surface area contributed by atoms with E-state index in [2.05, 4.69) is 0 Å². The zero-order valence-electron chi connectivity index (χ0n) is 9.88. The lowest BCUT2D eigenvalue weighted by Gasteiger charge is -2.07. The summed E-state index contributed by atoms with van der Waals surface area (Å²) < 4.78 is 17.1. The van der Waals surface area contributed by atoms with Crippen LogP contribution in [0, 0.1) is 0 Å². The first-order valence-electron chi connectivity index (χ1n) is 5.51. The molecule has 0 aliphatic heterocycles. The Hall–Kier alpha value is -2.01. The van der Waals surface area contributed by atoms with Crippen molar-refractivity contribution in [2.45, 2.75) is 0 Å². The van der Waals surface area contributed by atoms with E-state index in [9.17, 15) is 9.18 Å². The molecule has 0 radical (unpaired) electrons. The standard InChI is InChI=1S/C14H11FO3S/c15-8-14(17)19-9-13(16)18-12-7-3-5-10-4-1-2-6-11(10)12/h1-8,17H,9H2/b14-8+. The van der Waals surface area contributed by atoms with E-state index < -0.39 is 11.1 Å². The molecule has 0 aliphatic carbocycles. The molecular weight excluding hydrogens is 267 g/mol. The Bertz CT molecular complexity index is 620. The van der Waals surface area contributed by atoms with Crippen LogP contribution in [-0.2, 0) is 4.79 Å². The van der Waals surface area contributed by atoms with Crippen LogP contribution < -0.4 is 4.74 Å². The van der Waals surface area contributed by atoms with Crippen LogP contribution in [0.1, 0.15) is 0 Å². The number of thioether (sulfide) groups is 1. The average Bonchev–Trinajstić information content (AvgIpc) is 2.45. The predicted molar refractivity (Wildman–Crippen MR) is 73.9 cm³/mol. The van der Waals surface area contributed by atoms with Crippen molar-refractivity contribution < 1.29 is 19.0 Å². The van der Waals surface area contributed by atoms with Crippen LogP contribution in [0.25, 0.3) is 10.8 Å². The third-order valence-electron chi connectivity index (χ3n) is 2.40. The molecular formula is C14H11FO3S. The number of hydrogen-bond donors (Lipinski definition) is 1. The quantitative estimate of drug-likeness (QED) is 0.525. The summed E-state index contributed by atoms with van der Waals surface area (Å²) >= 11 is 0.676. The molecule has 0 aromatic heterocycles. The Morgan fingerprint density at radius 2 is 2.00 bits per heavy atom. The van der Waals surface area contributed by atoms with Crippen molar-refractivity contribution in [3.05, 3.63) is 53.9 Å². The second-order valence-corrected chi connectivity index (χ2v) is 4.68. The van der Waals surface area contributed by atoms with Crippen LogP contribution >= 0.6 is 11.8 Å². The van der Waals surface area contributed by atoms with Gasteiger partial charge < -0.3 is 9.84 Å². The molecule has 98 valence electrons. The second-order valence-electron chi connectivity index (χ2n) is 3.69. The molecule has 0 aliphatic rings. The van der Waals surface area contributed by atoms with Crippen LogP contribution in [-0.4, -0.2) is 16.8 Å². The summed E-state index contributed by atoms with van der Waals surface area (Å²) in [5.74, 6) is -0.252. The van der Waals surface area contributed by atoms with Crippen LogP contribution in [0.5, 0.6) is 5.75 Å². The highest BCUT2D eigenvalue weighted by atomic mass is 32.2. The fourth-order valence-corrected chi connectivity index (χ4v) is 1.99. The maximum absolute atomic E-state index is 11.9. The van der Waals surface area contributed by atoms with Crippen LogP contribution in [0.15, 0.2) is 53.9 Å². The largest absolute Gasteiger partial charge is 0.500 e. The van der Waals surface area contributed by atoms with E-state index in [1.807, 2.05) is 30.3 Å². The Labute approximate surface area is 113 Å². The molecule has 2 aromatic rings. The highest BCUT2D eigenvalue weighted by Crippen LogP contribution is 2.25. The molecule has 0 bridgehead atoms. The van der Waals surface area contributed by atoms with E-state index in [1.165, 1.54) is 0 Å². The monoisotopic (exact) mass is 278 g/mol. The summed E-state index contributed by atoms with van der Waals surface area (Å²) in [6, 6.07) is 12.9. The van der Waals surface area contributed by atoms with Gasteiger partial charge in [0.15, 0.2) is 5.09 Å². The number of esters is 1. The Morgan fingerprint density at radius 3 is 2.79 bits per heavy atom. The molecule has 0 amide bonds. The molecule has 2 rings (SSSR count). The molecule has 3 nitrogen and oxygen atoms in total. The maximum Gasteiger partial charge on any atom is 0.321 e. The number of halogens is 1. The van der Waals surface area contributed by atoms with Gasteiger partial charge in [-0.25, -0.2) is 4.39 Å². The van der Waals surface area contributed by atoms with E-state index >= 15 is 0 Å². The molecule has 0 spiro atoms. The zero-order valence-corrected chi connectivity index (χ0v) is 10.7. The van der Waals surface area contributed by atoms with E-state index in [-0.39, 0.29) is 12.1 Å². The number of fused-ring (bicyclic) bond motifs is 1. The first kappa shape index (κ1) is 13.4. The van der Waals surface area contributed by atoms with Crippen LogP contribution in [0.4, 0.5) is 4.39 Å². The van der Waals surface area contributed by atoms with Crippen molar-refractivity contribution in [2.75, 3.05) is 5.75 Å². The number of aliphatic hydroxyl groups excluding tert-OH is 1. The summed E-state index contributed by atoms with van der Waals surface area (Å²) in [5.41, 5.74) is 0. The van der Waals surface area contributed by atoms with E-state index in [0.29, 0.717) is 17.5 Å². The fraction of sp³-hybridized carbons (Fsp3) is 0.0714. The van der Waals surface area contributed by atoms with Crippen molar-refractivity contribution in [2.24, 2.45) is 0 Å². The van der Waals surface area contributed by atoms with Gasteiger partial charge in [-0.2, -0.15) is 0 Å². The van der Waals surface area contributed by atoms with Crippen molar-refractivity contribution >= 4 is 28.5 Å². The summed E-state index contributed by atoms with van der Waals surface area (Å²) in [7, 11) is 0. The number of benzene rings is 2. The molecule has 0 saturated carbocycles. The van der Waals surface area contributed by atoms with Crippen molar-refractivity contribution in [3.8, 4) is 5.75 Å². The molecule has 0 heterocycles. The van der Waals surface area contributed by atoms with Crippen molar-refractivity contribution in [1.29, 1.82) is 0 Å². The normalized spacial score (nSPS) is 11.5. The van der Waals surface area contributed by atoms with Gasteiger partial charge in [-0.05, 0) is 11.5 Å². The lowest BCUT2D eigenvalue weighted by atomic mass is 10.1. The van der Waals surface area contributed by atoms with Crippen molar-refractivity contribution in [1.82, 2.24) is 0 Å². The van der Waals surface area contributed by atoms with Crippen LogP contribution in [0.3, 0.4) is 0 Å². The molecule has 0 fully saturated rings. The molecule has 1 N–H and O–H groups in total. The van der Waals surface area contributed by atoms with Crippen molar-refractivity contribution in [3.63, 3.8) is 0 Å². The highest BCUT2D eigenvalue weighted by molar-refractivity contribution is 8.03. The minimum atomic E-state index is -0.547. The van der Waals surface area contributed by atoms with Gasteiger partial charge in [0.25, 0.3) is 0 Å². The topological polar surface area (TPSA) is 46.5 Å². The highest BCUT2D eigenvalue weighted by Gasteiger charge is 2.09. The predicted octanol–water partition coefficient (Wildman–Crippen LogP) is 3.80. The number of ether oxygens (including phenoxy) is 1. The number of carbonyl (C=O) groups is 1. The Morgan fingerprint density at radius 1 is 1.26 bits per heavy atom. The second kappa shape index (κ2) is 6.24. The van der Waals surface area contributed by atoms with Crippen LogP contribution in [0.2, 0.25) is 0 Å². The van der Waals surface area contributed by atoms with Gasteiger partial charge in [-0.1, -0.05) is 48.2 Å². The lowest BCUT2D eigenvalue weighted by molar-refractivity contribution is -0.131. The van der Waals surface area contributed by atoms with Gasteiger partial charge in [0, 0.05) is 5.39 Å². The summed E-state index contributed by atoms with van der Waals surface area (Å²) in [6.45, 7) is 0. The Balaban J connectivity index is 2.11. The zero-order chi connectivity index (χ0) is 13.7. The molecule has 2 aromatic carbocycles. The van der Waals surface area contributed by atoms with Gasteiger partial charge in [0.05, 0.1) is 5.75 Å². The smallest absolute Gasteiger partial charge is 0.321 e. The number of hydrogen-bond acceptors (Lipinski definition) is 4. The Kier molecular flexibility index (Phi) is 4.41. The molecule has 5 heteroatoms. The lowest BCUT2D eigenvalue weighted by Crippen LogP contribution is -2.11. The summed E-state index contributed by atoms with van der Waals surface area (Å²) in [6.07, 6.45) is 0.0376. The van der Waals surface area contributed by atoms with Gasteiger partial charge in [-0.3, -0.25) is 4.79 Å². The third kappa shape index (κ3) is 3.48. The maximum atomic E-state index is 11.9. The average molecular weight is 278 g/mol. The van der Waals surface area contributed by atoms with E-state index in [4.69, 9.17) is 9.84 Å². The molecule has 0 saturated heterocycles. The SMILES string of the molecule is O=C(CS/C(O)=C/F)Oc1cccc2ccccc12. The van der Waals surface area contributed by atoms with E-state index in [1.54, 1.807) is 12.1 Å². The van der Waals surface area contributed by atoms with Gasteiger partial charge >= 0.3 is 5.97 Å². The summed E-state index contributed by atoms with van der Waals surface area (Å²) in [4.78, 5) is 11.6. The van der Waals surface area contributed by atoms with Gasteiger partial charge in [0.1, 0.15) is 12.1 Å². The van der Waals surface area contributed by atoms with E-state index in [0.717, 1.165) is 10.8 Å². The number of rotatable bonds is 4. The minimum Gasteiger partial charge on any atom is -0.500 e. The molecule has 0 atom stereocenters. The first-order valence-corrected chi connectivity index (χ1v) is 6.50. The third-order valence-corrected chi connectivity index (χ3v) is 3.17. The number of aliphatic hydroxyl groups is 1.